The Hall–Kier alpha value is -3.72. The minimum absolute atomic E-state index is 0.000490. The molecule has 0 aliphatic heterocycles. The number of hydrogen-bond acceptors (Lipinski definition) is 6. The van der Waals surface area contributed by atoms with Gasteiger partial charge >= 0.3 is 6.18 Å². The van der Waals surface area contributed by atoms with Crippen LogP contribution in [-0.4, -0.2) is 49.4 Å². The van der Waals surface area contributed by atoms with Crippen molar-refractivity contribution in [1.29, 1.82) is 0 Å². The van der Waals surface area contributed by atoms with E-state index in [9.17, 15) is 40.3 Å². The summed E-state index contributed by atoms with van der Waals surface area (Å²) in [6.45, 7) is 0. The van der Waals surface area contributed by atoms with Gasteiger partial charge in [0.15, 0.2) is 0 Å². The number of nitrogens with zero attached hydrogens (tertiary/aromatic N) is 4. The molecule has 3 fully saturated rings. The first-order valence-corrected chi connectivity index (χ1v) is 15.4. The molecular formula is C30H33F7N6O3. The van der Waals surface area contributed by atoms with Gasteiger partial charge in [-0.25, -0.2) is 27.5 Å². The Bertz CT molecular complexity index is 1570. The number of carbonyl (C=O) groups is 2. The normalized spacial score (nSPS) is 21.5. The van der Waals surface area contributed by atoms with Gasteiger partial charge in [-0.05, 0) is 49.5 Å². The van der Waals surface area contributed by atoms with E-state index in [4.69, 9.17) is 4.52 Å². The summed E-state index contributed by atoms with van der Waals surface area (Å²) in [5.74, 6) is -7.14. The molecule has 3 aromatic rings. The van der Waals surface area contributed by atoms with Crippen LogP contribution in [0.25, 0.3) is 5.78 Å². The molecule has 9 nitrogen and oxygen atoms in total. The fourth-order valence-electron chi connectivity index (χ4n) is 6.45. The second-order valence-electron chi connectivity index (χ2n) is 12.9. The molecule has 0 unspecified atom stereocenters. The van der Waals surface area contributed by atoms with Crippen molar-refractivity contribution in [2.24, 2.45) is 17.8 Å². The predicted octanol–water partition coefficient (Wildman–Crippen LogP) is 6.51. The summed E-state index contributed by atoms with van der Waals surface area (Å²) in [6, 6.07) is 0.384. The summed E-state index contributed by atoms with van der Waals surface area (Å²) in [5, 5.41) is 9.28. The van der Waals surface area contributed by atoms with Gasteiger partial charge in [-0.1, -0.05) is 5.16 Å². The number of imidazole rings is 1. The molecule has 0 saturated heterocycles. The van der Waals surface area contributed by atoms with E-state index in [1.165, 1.54) is 0 Å². The fraction of sp³-hybridized carbons (Fsp3) is 0.633. The summed E-state index contributed by atoms with van der Waals surface area (Å²) >= 11 is 0. The van der Waals surface area contributed by atoms with Crippen LogP contribution >= 0.6 is 0 Å². The van der Waals surface area contributed by atoms with Crippen LogP contribution in [-0.2, 0) is 11.2 Å². The first-order chi connectivity index (χ1) is 21.6. The lowest BCUT2D eigenvalue weighted by Crippen LogP contribution is -2.39. The maximum absolute atomic E-state index is 14.0. The molecule has 2 atom stereocenters. The smallest absolute Gasteiger partial charge is 0.364 e. The lowest BCUT2D eigenvalue weighted by molar-refractivity contribution is -0.135. The number of hydrogen-bond donors (Lipinski definition) is 2. The van der Waals surface area contributed by atoms with Crippen molar-refractivity contribution in [2.75, 3.05) is 0 Å². The molecule has 2 amide bonds. The third kappa shape index (κ3) is 7.63. The molecule has 16 heteroatoms. The van der Waals surface area contributed by atoms with Crippen LogP contribution in [0.3, 0.4) is 0 Å². The van der Waals surface area contributed by atoms with Crippen LogP contribution in [0.4, 0.5) is 30.7 Å². The number of halogens is 7. The summed E-state index contributed by atoms with van der Waals surface area (Å²) < 4.78 is 99.4. The fourth-order valence-corrected chi connectivity index (χ4v) is 6.45. The topological polar surface area (TPSA) is 114 Å². The molecule has 3 heterocycles. The van der Waals surface area contributed by atoms with Crippen molar-refractivity contribution in [2.45, 2.75) is 101 Å². The standard InChI is InChI=1S/C30H33F7N6O3/c31-28(32)7-3-18(4-8-28)25(41-26(45)19-15-46-42-20(19)5-9-30(35,36)37)22-14-43-10-6-21(38-27(43)39-22)24(17-1-2-17)40-23(44)11-16-12-29(33,34)13-16/h6,10,14-18,24-25H,1-5,7-9,11-13H2,(H,40,44)(H,41,45)/t24-,25-/m0/s1. The molecule has 46 heavy (non-hydrogen) atoms. The van der Waals surface area contributed by atoms with E-state index < -0.39 is 67.6 Å². The maximum Gasteiger partial charge on any atom is 0.389 e. The van der Waals surface area contributed by atoms with Crippen LogP contribution in [0, 0.1) is 17.8 Å². The second-order valence-corrected chi connectivity index (χ2v) is 12.9. The van der Waals surface area contributed by atoms with E-state index in [2.05, 4.69) is 25.8 Å². The number of fused-ring (bicyclic) bond motifs is 1. The Balaban J connectivity index is 1.22. The first kappa shape index (κ1) is 32.2. The van der Waals surface area contributed by atoms with Crippen LogP contribution in [0.5, 0.6) is 0 Å². The quantitative estimate of drug-likeness (QED) is 0.227. The van der Waals surface area contributed by atoms with Crippen molar-refractivity contribution in [3.05, 3.63) is 47.4 Å². The largest absolute Gasteiger partial charge is 0.389 e. The van der Waals surface area contributed by atoms with Gasteiger partial charge in [0.2, 0.25) is 23.5 Å². The number of nitrogens with one attached hydrogen (secondary N) is 2. The Morgan fingerprint density at radius 3 is 2.26 bits per heavy atom. The van der Waals surface area contributed by atoms with E-state index in [1.807, 2.05) is 0 Å². The van der Waals surface area contributed by atoms with E-state index in [1.54, 1.807) is 22.9 Å². The van der Waals surface area contributed by atoms with Gasteiger partial charge in [0, 0.05) is 57.3 Å². The number of rotatable bonds is 11. The molecule has 0 bridgehead atoms. The third-order valence-corrected chi connectivity index (χ3v) is 9.12. The summed E-state index contributed by atoms with van der Waals surface area (Å²) in [7, 11) is 0. The Morgan fingerprint density at radius 2 is 1.61 bits per heavy atom. The van der Waals surface area contributed by atoms with Gasteiger partial charge < -0.3 is 15.2 Å². The predicted molar refractivity (Wildman–Crippen MR) is 147 cm³/mol. The molecule has 6 rings (SSSR count). The molecule has 3 saturated carbocycles. The monoisotopic (exact) mass is 658 g/mol. The van der Waals surface area contributed by atoms with Crippen molar-refractivity contribution >= 4 is 17.6 Å². The third-order valence-electron chi connectivity index (χ3n) is 9.12. The Morgan fingerprint density at radius 1 is 0.957 bits per heavy atom. The van der Waals surface area contributed by atoms with E-state index in [0.29, 0.717) is 11.4 Å². The molecule has 0 aromatic carbocycles. The number of aromatic nitrogens is 4. The molecule has 3 aliphatic rings. The number of amides is 2. The highest BCUT2D eigenvalue weighted by Gasteiger charge is 2.46. The highest BCUT2D eigenvalue weighted by atomic mass is 19.4. The van der Waals surface area contributed by atoms with Crippen LogP contribution in [0.1, 0.15) is 104 Å². The Labute approximate surface area is 258 Å². The zero-order chi connectivity index (χ0) is 32.9. The summed E-state index contributed by atoms with van der Waals surface area (Å²) in [4.78, 5) is 35.3. The van der Waals surface area contributed by atoms with Gasteiger partial charge in [-0.2, -0.15) is 13.2 Å². The number of alkyl halides is 7. The van der Waals surface area contributed by atoms with E-state index >= 15 is 0 Å². The van der Waals surface area contributed by atoms with Gasteiger partial charge in [-0.15, -0.1) is 0 Å². The molecule has 250 valence electrons. The SMILES string of the molecule is O=C(CC1CC(F)(F)C1)N[C@H](c1ccn2cc([C@@H](NC(=O)c3conc3CCC(F)(F)F)C3CCC(F)(F)CC3)nc2n1)C1CC1. The molecule has 3 aliphatic carbocycles. The van der Waals surface area contributed by atoms with Crippen molar-refractivity contribution < 1.29 is 44.8 Å². The number of aryl methyl sites for hydroxylation is 1. The highest BCUT2D eigenvalue weighted by molar-refractivity contribution is 5.95. The minimum atomic E-state index is -4.47. The first-order valence-electron chi connectivity index (χ1n) is 15.4. The highest BCUT2D eigenvalue weighted by Crippen LogP contribution is 2.45. The van der Waals surface area contributed by atoms with Gasteiger partial charge in [-0.3, -0.25) is 14.0 Å². The lowest BCUT2D eigenvalue weighted by Gasteiger charge is -2.34. The second kappa shape index (κ2) is 12.1. The van der Waals surface area contributed by atoms with Crippen molar-refractivity contribution in [1.82, 2.24) is 30.2 Å². The van der Waals surface area contributed by atoms with Gasteiger partial charge in [0.1, 0.15) is 11.8 Å². The summed E-state index contributed by atoms with van der Waals surface area (Å²) in [6.07, 6.45) is -1.60. The van der Waals surface area contributed by atoms with Crippen LogP contribution < -0.4 is 10.6 Å². The van der Waals surface area contributed by atoms with E-state index in [0.717, 1.165) is 19.1 Å². The molecular weight excluding hydrogens is 625 g/mol. The van der Waals surface area contributed by atoms with E-state index in [-0.39, 0.29) is 66.9 Å². The zero-order valence-corrected chi connectivity index (χ0v) is 24.6. The minimum Gasteiger partial charge on any atom is -0.364 e. The van der Waals surface area contributed by atoms with Gasteiger partial charge in [0.25, 0.3) is 5.91 Å². The number of carbonyl (C=O) groups excluding carboxylic acids is 2. The Kier molecular flexibility index (Phi) is 8.51. The zero-order valence-electron chi connectivity index (χ0n) is 24.6. The maximum atomic E-state index is 14.0. The molecule has 3 aromatic heterocycles. The summed E-state index contributed by atoms with van der Waals surface area (Å²) in [5.41, 5.74) is 0.480. The molecule has 0 radical (unpaired) electrons. The average molecular weight is 659 g/mol. The molecule has 0 spiro atoms. The molecule has 2 N–H and O–H groups in total. The van der Waals surface area contributed by atoms with Gasteiger partial charge in [0.05, 0.1) is 29.2 Å². The van der Waals surface area contributed by atoms with Crippen LogP contribution in [0.2, 0.25) is 0 Å². The average Bonchev–Trinajstić information content (AvgIpc) is 3.52. The van der Waals surface area contributed by atoms with Crippen molar-refractivity contribution in [3.63, 3.8) is 0 Å². The lowest BCUT2D eigenvalue weighted by atomic mass is 9.79. The van der Waals surface area contributed by atoms with Crippen LogP contribution in [0.15, 0.2) is 29.2 Å². The van der Waals surface area contributed by atoms with Crippen molar-refractivity contribution in [3.8, 4) is 0 Å².